The predicted octanol–water partition coefficient (Wildman–Crippen LogP) is 4.42. The molecule has 72 valence electrons. The van der Waals surface area contributed by atoms with E-state index in [-0.39, 0.29) is 0 Å². The zero-order valence-corrected chi connectivity index (χ0v) is 9.06. The van der Waals surface area contributed by atoms with Crippen molar-refractivity contribution in [3.05, 3.63) is 48.1 Å². The molecule has 0 saturated carbocycles. The van der Waals surface area contributed by atoms with E-state index < -0.39 is 0 Å². The minimum Gasteiger partial charge on any atom is -0.0991 e. The van der Waals surface area contributed by atoms with Crippen molar-refractivity contribution in [1.82, 2.24) is 0 Å². The van der Waals surface area contributed by atoms with Crippen molar-refractivity contribution in [2.24, 2.45) is 0 Å². The lowest BCUT2D eigenvalue weighted by molar-refractivity contribution is 1.03. The lowest BCUT2D eigenvalue weighted by Crippen LogP contribution is -1.86. The van der Waals surface area contributed by atoms with E-state index in [0.29, 0.717) is 0 Å². The Kier molecular flexibility index (Phi) is 5.96. The fourth-order valence-corrected chi connectivity index (χ4v) is 1.19. The molecule has 0 radical (unpaired) electrons. The highest BCUT2D eigenvalue weighted by Crippen LogP contribution is 2.17. The second kappa shape index (κ2) is 6.47. The zero-order valence-electron chi connectivity index (χ0n) is 9.06. The van der Waals surface area contributed by atoms with E-state index >= 15 is 0 Å². The largest absolute Gasteiger partial charge is 0.0991 e. The molecule has 0 amide bonds. The van der Waals surface area contributed by atoms with Crippen molar-refractivity contribution in [1.29, 1.82) is 0 Å². The van der Waals surface area contributed by atoms with Gasteiger partial charge in [0.05, 0.1) is 0 Å². The molecule has 0 aromatic carbocycles. The van der Waals surface area contributed by atoms with Crippen LogP contribution in [0.25, 0.3) is 0 Å². The zero-order chi connectivity index (χ0) is 10.3. The first-order valence-corrected chi connectivity index (χ1v) is 4.83. The SMILES string of the molecule is C=C/C=C(C)\C=C(\CC)C(=C)CC. The molecule has 0 bridgehead atoms. The summed E-state index contributed by atoms with van der Waals surface area (Å²) in [6.07, 6.45) is 8.09. The third kappa shape index (κ3) is 4.51. The molecule has 0 saturated heterocycles. The third-order valence-corrected chi connectivity index (χ3v) is 2.04. The molecule has 0 spiro atoms. The van der Waals surface area contributed by atoms with Crippen LogP contribution in [0.3, 0.4) is 0 Å². The summed E-state index contributed by atoms with van der Waals surface area (Å²) in [5.74, 6) is 0. The quantitative estimate of drug-likeness (QED) is 0.544. The summed E-state index contributed by atoms with van der Waals surface area (Å²) < 4.78 is 0. The molecule has 0 fully saturated rings. The van der Waals surface area contributed by atoms with E-state index in [1.165, 1.54) is 16.7 Å². The van der Waals surface area contributed by atoms with Crippen LogP contribution < -0.4 is 0 Å². The van der Waals surface area contributed by atoms with Gasteiger partial charge >= 0.3 is 0 Å². The Bertz CT molecular complexity index is 239. The second-order valence-corrected chi connectivity index (χ2v) is 3.13. The minimum atomic E-state index is 1.03. The highest BCUT2D eigenvalue weighted by Gasteiger charge is 1.97. The predicted molar refractivity (Wildman–Crippen MR) is 61.8 cm³/mol. The maximum atomic E-state index is 4.04. The van der Waals surface area contributed by atoms with Gasteiger partial charge in [-0.05, 0) is 25.3 Å². The van der Waals surface area contributed by atoms with Crippen LogP contribution in [-0.2, 0) is 0 Å². The van der Waals surface area contributed by atoms with E-state index in [1.807, 2.05) is 12.2 Å². The second-order valence-electron chi connectivity index (χ2n) is 3.13. The van der Waals surface area contributed by atoms with Crippen LogP contribution in [0.2, 0.25) is 0 Å². The molecule has 0 N–H and O–H groups in total. The highest BCUT2D eigenvalue weighted by atomic mass is 14.0. The summed E-state index contributed by atoms with van der Waals surface area (Å²) in [5, 5.41) is 0. The minimum absolute atomic E-state index is 1.03. The van der Waals surface area contributed by atoms with Gasteiger partial charge in [0.2, 0.25) is 0 Å². The molecule has 0 aliphatic carbocycles. The van der Waals surface area contributed by atoms with Crippen molar-refractivity contribution >= 4 is 0 Å². The van der Waals surface area contributed by atoms with Crippen LogP contribution >= 0.6 is 0 Å². The average molecular weight is 176 g/mol. The lowest BCUT2D eigenvalue weighted by Gasteiger charge is -2.06. The van der Waals surface area contributed by atoms with Crippen LogP contribution in [0, 0.1) is 0 Å². The van der Waals surface area contributed by atoms with Crippen molar-refractivity contribution in [2.45, 2.75) is 33.6 Å². The molecule has 0 heterocycles. The summed E-state index contributed by atoms with van der Waals surface area (Å²) in [5.41, 5.74) is 3.82. The number of hydrogen-bond donors (Lipinski definition) is 0. The van der Waals surface area contributed by atoms with Gasteiger partial charge in [-0.15, -0.1) is 0 Å². The maximum Gasteiger partial charge on any atom is -0.0305 e. The molecule has 0 rings (SSSR count). The van der Waals surface area contributed by atoms with Gasteiger partial charge in [0.1, 0.15) is 0 Å². The fourth-order valence-electron chi connectivity index (χ4n) is 1.19. The van der Waals surface area contributed by atoms with Gasteiger partial charge in [-0.2, -0.15) is 0 Å². The first-order valence-electron chi connectivity index (χ1n) is 4.83. The molecule has 0 aliphatic rings. The van der Waals surface area contributed by atoms with E-state index in [1.54, 1.807) is 0 Å². The molecule has 0 heteroatoms. The Morgan fingerprint density at radius 1 is 1.23 bits per heavy atom. The average Bonchev–Trinajstić information content (AvgIpc) is 2.13. The van der Waals surface area contributed by atoms with Gasteiger partial charge in [-0.25, -0.2) is 0 Å². The van der Waals surface area contributed by atoms with Crippen LogP contribution in [0.1, 0.15) is 33.6 Å². The Labute approximate surface area is 82.4 Å². The molecule has 0 nitrogen and oxygen atoms in total. The molecular weight excluding hydrogens is 156 g/mol. The van der Waals surface area contributed by atoms with Gasteiger partial charge in [-0.3, -0.25) is 0 Å². The summed E-state index contributed by atoms with van der Waals surface area (Å²) in [6.45, 7) is 14.1. The van der Waals surface area contributed by atoms with E-state index in [9.17, 15) is 0 Å². The summed E-state index contributed by atoms with van der Waals surface area (Å²) in [6, 6.07) is 0. The Balaban J connectivity index is 4.65. The van der Waals surface area contributed by atoms with Crippen LogP contribution in [0.15, 0.2) is 48.1 Å². The normalized spacial score (nSPS) is 12.8. The Morgan fingerprint density at radius 2 is 1.85 bits per heavy atom. The van der Waals surface area contributed by atoms with E-state index in [2.05, 4.69) is 40.0 Å². The maximum absolute atomic E-state index is 4.04. The van der Waals surface area contributed by atoms with Gasteiger partial charge in [0, 0.05) is 0 Å². The molecule has 0 aliphatic heterocycles. The van der Waals surface area contributed by atoms with Crippen molar-refractivity contribution < 1.29 is 0 Å². The number of hydrogen-bond acceptors (Lipinski definition) is 0. The summed E-state index contributed by atoms with van der Waals surface area (Å²) >= 11 is 0. The highest BCUT2D eigenvalue weighted by molar-refractivity contribution is 5.35. The topological polar surface area (TPSA) is 0 Å². The monoisotopic (exact) mass is 176 g/mol. The van der Waals surface area contributed by atoms with Crippen molar-refractivity contribution in [2.75, 3.05) is 0 Å². The number of allylic oxidation sites excluding steroid dienone is 6. The van der Waals surface area contributed by atoms with E-state index in [4.69, 9.17) is 0 Å². The first kappa shape index (κ1) is 12.0. The molecule has 13 heavy (non-hydrogen) atoms. The van der Waals surface area contributed by atoms with Crippen LogP contribution in [-0.4, -0.2) is 0 Å². The van der Waals surface area contributed by atoms with Gasteiger partial charge in [-0.1, -0.05) is 56.4 Å². The van der Waals surface area contributed by atoms with Crippen molar-refractivity contribution in [3.63, 3.8) is 0 Å². The summed E-state index contributed by atoms with van der Waals surface area (Å²) in [7, 11) is 0. The van der Waals surface area contributed by atoms with Gasteiger partial charge in [0.25, 0.3) is 0 Å². The fraction of sp³-hybridized carbons (Fsp3) is 0.385. The molecule has 0 unspecified atom stereocenters. The third-order valence-electron chi connectivity index (χ3n) is 2.04. The summed E-state index contributed by atoms with van der Waals surface area (Å²) in [4.78, 5) is 0. The smallest absolute Gasteiger partial charge is 0.0305 e. The molecule has 0 aromatic heterocycles. The standard InChI is InChI=1S/C13H20/c1-6-9-11(4)10-13(8-3)12(5)7-2/h6,9-10H,1,5,7-8H2,2-4H3/b11-9-,13-10-. The van der Waals surface area contributed by atoms with Gasteiger partial charge in [0.15, 0.2) is 0 Å². The van der Waals surface area contributed by atoms with Crippen LogP contribution in [0.4, 0.5) is 0 Å². The lowest BCUT2D eigenvalue weighted by atomic mass is 10.0. The van der Waals surface area contributed by atoms with Crippen LogP contribution in [0.5, 0.6) is 0 Å². The molecule has 0 atom stereocenters. The molecule has 0 aromatic rings. The van der Waals surface area contributed by atoms with E-state index in [0.717, 1.165) is 12.8 Å². The Morgan fingerprint density at radius 3 is 2.23 bits per heavy atom. The first-order chi connectivity index (χ1) is 6.15. The van der Waals surface area contributed by atoms with Crippen molar-refractivity contribution in [3.8, 4) is 0 Å². The number of rotatable bonds is 5. The van der Waals surface area contributed by atoms with Gasteiger partial charge < -0.3 is 0 Å². The Hall–Kier alpha value is -1.04. The molecular formula is C13H20.